The van der Waals surface area contributed by atoms with E-state index in [2.05, 4.69) is 28.5 Å². The number of aliphatic hydroxyl groups excluding tert-OH is 1. The molecule has 0 unspecified atom stereocenters. The lowest BCUT2D eigenvalue weighted by Gasteiger charge is -2.20. The monoisotopic (exact) mass is 396 g/mol. The van der Waals surface area contributed by atoms with E-state index in [0.29, 0.717) is 0 Å². The lowest BCUT2D eigenvalue weighted by atomic mass is 9.88. The van der Waals surface area contributed by atoms with E-state index in [0.717, 1.165) is 26.4 Å². The zero-order chi connectivity index (χ0) is 20.1. The molecule has 1 amide bonds. The van der Waals surface area contributed by atoms with Gasteiger partial charge in [0.1, 0.15) is 5.01 Å². The van der Waals surface area contributed by atoms with Crippen LogP contribution in [0.1, 0.15) is 25.3 Å². The summed E-state index contributed by atoms with van der Waals surface area (Å²) in [5, 5.41) is 12.6. The van der Waals surface area contributed by atoms with Crippen LogP contribution in [0.2, 0.25) is 0 Å². The van der Waals surface area contributed by atoms with Crippen molar-refractivity contribution in [2.24, 2.45) is 5.41 Å². The largest absolute Gasteiger partial charge is 0.396 e. The minimum atomic E-state index is -0.467. The smallest absolute Gasteiger partial charge is 0.227 e. The van der Waals surface area contributed by atoms with Gasteiger partial charge in [-0.15, -0.1) is 11.3 Å². The summed E-state index contributed by atoms with van der Waals surface area (Å²) in [6.07, 6.45) is 0.379. The molecule has 28 heavy (non-hydrogen) atoms. The van der Waals surface area contributed by atoms with Gasteiger partial charge in [-0.2, -0.15) is 0 Å². The highest BCUT2D eigenvalue weighted by Crippen LogP contribution is 2.28. The number of aromatic nitrogens is 1. The van der Waals surface area contributed by atoms with Crippen molar-refractivity contribution >= 4 is 33.2 Å². The van der Waals surface area contributed by atoms with Crippen LogP contribution >= 0.6 is 11.3 Å². The van der Waals surface area contributed by atoms with Gasteiger partial charge in [0.15, 0.2) is 5.78 Å². The molecule has 0 spiro atoms. The Morgan fingerprint density at radius 3 is 2.57 bits per heavy atom. The number of amides is 1. The van der Waals surface area contributed by atoms with Gasteiger partial charge in [0.25, 0.3) is 0 Å². The number of Topliss-reactive ketones (excluding diaryl/α,β-unsaturated/α-hetero) is 1. The van der Waals surface area contributed by atoms with E-state index in [-0.39, 0.29) is 37.7 Å². The molecule has 2 aromatic carbocycles. The Labute approximate surface area is 168 Å². The van der Waals surface area contributed by atoms with Crippen LogP contribution in [0.5, 0.6) is 0 Å². The van der Waals surface area contributed by atoms with Gasteiger partial charge in [-0.3, -0.25) is 9.59 Å². The highest BCUT2D eigenvalue weighted by molar-refractivity contribution is 7.18. The van der Waals surface area contributed by atoms with Crippen molar-refractivity contribution < 1.29 is 14.7 Å². The van der Waals surface area contributed by atoms with E-state index in [9.17, 15) is 14.7 Å². The summed E-state index contributed by atoms with van der Waals surface area (Å²) in [7, 11) is 0. The van der Waals surface area contributed by atoms with Gasteiger partial charge < -0.3 is 10.4 Å². The molecule has 6 heteroatoms. The van der Waals surface area contributed by atoms with Crippen LogP contribution in [0, 0.1) is 5.41 Å². The number of rotatable bonds is 8. The first-order valence-electron chi connectivity index (χ1n) is 9.20. The maximum atomic E-state index is 12.2. The summed E-state index contributed by atoms with van der Waals surface area (Å²) in [4.78, 5) is 28.6. The highest BCUT2D eigenvalue weighted by atomic mass is 32.1. The van der Waals surface area contributed by atoms with Gasteiger partial charge in [-0.05, 0) is 28.7 Å². The second-order valence-electron chi connectivity index (χ2n) is 7.65. The third kappa shape index (κ3) is 5.24. The average Bonchev–Trinajstić information content (AvgIpc) is 3.08. The molecule has 0 radical (unpaired) electrons. The molecule has 0 aliphatic rings. The molecule has 0 saturated carbocycles. The molecule has 0 fully saturated rings. The lowest BCUT2D eigenvalue weighted by molar-refractivity contribution is -0.126. The first kappa shape index (κ1) is 20.2. The van der Waals surface area contributed by atoms with Crippen LogP contribution in [-0.4, -0.2) is 34.9 Å². The Morgan fingerprint density at radius 1 is 1.11 bits per heavy atom. The summed E-state index contributed by atoms with van der Waals surface area (Å²) >= 11 is 1.49. The van der Waals surface area contributed by atoms with Crippen LogP contribution in [0.4, 0.5) is 0 Å². The number of carbonyl (C=O) groups is 2. The van der Waals surface area contributed by atoms with Crippen molar-refractivity contribution in [3.63, 3.8) is 0 Å². The van der Waals surface area contributed by atoms with Crippen molar-refractivity contribution in [3.8, 4) is 11.1 Å². The molecular weight excluding hydrogens is 372 g/mol. The van der Waals surface area contributed by atoms with Crippen LogP contribution in [0.15, 0.2) is 48.5 Å². The molecule has 5 nitrogen and oxygen atoms in total. The second-order valence-corrected chi connectivity index (χ2v) is 8.76. The molecule has 0 saturated heterocycles. The predicted octanol–water partition coefficient (Wildman–Crippen LogP) is 3.60. The SMILES string of the molecule is CC(C)(CO)CC(=O)CNC(=O)Cc1nc2ccc(-c3ccccc3)cc2s1. The molecule has 2 N–H and O–H groups in total. The summed E-state index contributed by atoms with van der Waals surface area (Å²) in [5.74, 6) is -0.318. The van der Waals surface area contributed by atoms with Gasteiger partial charge in [0.2, 0.25) is 5.91 Å². The number of hydrogen-bond donors (Lipinski definition) is 2. The fraction of sp³-hybridized carbons (Fsp3) is 0.318. The zero-order valence-corrected chi connectivity index (χ0v) is 16.9. The van der Waals surface area contributed by atoms with Crippen LogP contribution in [0.3, 0.4) is 0 Å². The summed E-state index contributed by atoms with van der Waals surface area (Å²) in [6.45, 7) is 3.55. The molecule has 0 bridgehead atoms. The second kappa shape index (κ2) is 8.63. The fourth-order valence-corrected chi connectivity index (χ4v) is 3.91. The molecule has 0 atom stereocenters. The number of nitrogens with zero attached hydrogens (tertiary/aromatic N) is 1. The molecule has 1 aromatic heterocycles. The standard InChI is InChI=1S/C22H24N2O3S/c1-22(2,14-25)12-17(26)13-23-20(27)11-21-24-18-9-8-16(10-19(18)28-21)15-6-4-3-5-7-15/h3-10,25H,11-14H2,1-2H3,(H,23,27). The van der Waals surface area contributed by atoms with Gasteiger partial charge in [-0.1, -0.05) is 50.2 Å². The first-order valence-corrected chi connectivity index (χ1v) is 10.0. The van der Waals surface area contributed by atoms with E-state index in [1.54, 1.807) is 0 Å². The maximum Gasteiger partial charge on any atom is 0.227 e. The minimum absolute atomic E-state index is 0.0225. The van der Waals surface area contributed by atoms with Crippen LogP contribution in [-0.2, 0) is 16.0 Å². The first-order chi connectivity index (χ1) is 13.4. The zero-order valence-electron chi connectivity index (χ0n) is 16.1. The van der Waals surface area contributed by atoms with Gasteiger partial charge in [0.05, 0.1) is 23.2 Å². The molecule has 3 rings (SSSR count). The molecule has 1 heterocycles. The van der Waals surface area contributed by atoms with E-state index < -0.39 is 5.41 Å². The third-order valence-electron chi connectivity index (χ3n) is 4.44. The fourth-order valence-electron chi connectivity index (χ4n) is 2.91. The molecular formula is C22H24N2O3S. The number of fused-ring (bicyclic) bond motifs is 1. The average molecular weight is 397 g/mol. The number of ketones is 1. The molecule has 0 aliphatic carbocycles. The maximum absolute atomic E-state index is 12.2. The van der Waals surface area contributed by atoms with Crippen molar-refractivity contribution in [2.45, 2.75) is 26.7 Å². The summed E-state index contributed by atoms with van der Waals surface area (Å²) in [5.41, 5.74) is 2.66. The van der Waals surface area contributed by atoms with Crippen molar-refractivity contribution in [3.05, 3.63) is 53.5 Å². The number of nitrogens with one attached hydrogen (secondary N) is 1. The number of thiazole rings is 1. The van der Waals surface area contributed by atoms with Crippen LogP contribution in [0.25, 0.3) is 21.3 Å². The number of aliphatic hydroxyl groups is 1. The number of hydrogen-bond acceptors (Lipinski definition) is 5. The lowest BCUT2D eigenvalue weighted by Crippen LogP contribution is -2.33. The van der Waals surface area contributed by atoms with Gasteiger partial charge in [-0.25, -0.2) is 4.98 Å². The normalized spacial score (nSPS) is 11.5. The number of carbonyl (C=O) groups excluding carboxylic acids is 2. The number of benzene rings is 2. The topological polar surface area (TPSA) is 79.3 Å². The van der Waals surface area contributed by atoms with E-state index >= 15 is 0 Å². The highest BCUT2D eigenvalue weighted by Gasteiger charge is 2.21. The third-order valence-corrected chi connectivity index (χ3v) is 5.46. The summed E-state index contributed by atoms with van der Waals surface area (Å²) in [6, 6.07) is 16.2. The molecule has 0 aliphatic heterocycles. The Kier molecular flexibility index (Phi) is 6.21. The van der Waals surface area contributed by atoms with Gasteiger partial charge in [0, 0.05) is 13.0 Å². The van der Waals surface area contributed by atoms with Crippen LogP contribution < -0.4 is 5.32 Å². The Bertz CT molecular complexity index is 980. The van der Waals surface area contributed by atoms with E-state index in [1.807, 2.05) is 44.2 Å². The predicted molar refractivity (Wildman–Crippen MR) is 112 cm³/mol. The van der Waals surface area contributed by atoms with E-state index in [1.165, 1.54) is 11.3 Å². The van der Waals surface area contributed by atoms with Gasteiger partial charge >= 0.3 is 0 Å². The van der Waals surface area contributed by atoms with Crippen molar-refractivity contribution in [1.82, 2.24) is 10.3 Å². The molecule has 3 aromatic rings. The Morgan fingerprint density at radius 2 is 1.86 bits per heavy atom. The van der Waals surface area contributed by atoms with E-state index in [4.69, 9.17) is 0 Å². The van der Waals surface area contributed by atoms with Crippen molar-refractivity contribution in [1.29, 1.82) is 0 Å². The summed E-state index contributed by atoms with van der Waals surface area (Å²) < 4.78 is 1.03. The van der Waals surface area contributed by atoms with Crippen molar-refractivity contribution in [2.75, 3.05) is 13.2 Å². The minimum Gasteiger partial charge on any atom is -0.396 e. The molecule has 146 valence electrons. The Hall–Kier alpha value is -2.57. The quantitative estimate of drug-likeness (QED) is 0.610. The Balaban J connectivity index is 1.61.